The number of benzene rings is 2. The molecule has 2 aromatic carbocycles. The molecule has 0 fully saturated rings. The molecule has 0 aliphatic rings. The topological polar surface area (TPSA) is 140 Å². The first-order chi connectivity index (χ1) is 19.4. The van der Waals surface area contributed by atoms with E-state index in [0.717, 1.165) is 16.4 Å². The third kappa shape index (κ3) is 7.62. The van der Waals surface area contributed by atoms with Crippen molar-refractivity contribution in [3.63, 3.8) is 0 Å². The smallest absolute Gasteiger partial charge is 0.459 e. The number of nitrogens with one attached hydrogen (secondary N) is 1. The number of pyridine rings is 1. The molecule has 0 aliphatic heterocycles. The lowest BCUT2D eigenvalue weighted by Gasteiger charge is -2.28. The quantitative estimate of drug-likeness (QED) is 0.160. The summed E-state index contributed by atoms with van der Waals surface area (Å²) in [5.41, 5.74) is 7.62. The van der Waals surface area contributed by atoms with Crippen LogP contribution in [0.25, 0.3) is 21.9 Å². The molecular weight excluding hydrogens is 545 g/mol. The number of anilines is 1. The van der Waals surface area contributed by atoms with Crippen LogP contribution in [0.5, 0.6) is 5.75 Å². The third-order valence-corrected chi connectivity index (χ3v) is 7.76. The van der Waals surface area contributed by atoms with Gasteiger partial charge in [-0.15, -0.1) is 0 Å². The van der Waals surface area contributed by atoms with Gasteiger partial charge in [0, 0.05) is 12.0 Å². The Bertz CT molecular complexity index is 1550. The average Bonchev–Trinajstić information content (AvgIpc) is 3.25. The van der Waals surface area contributed by atoms with Crippen molar-refractivity contribution in [2.75, 3.05) is 12.3 Å². The van der Waals surface area contributed by atoms with Crippen molar-refractivity contribution in [1.29, 1.82) is 0 Å². The van der Waals surface area contributed by atoms with Crippen LogP contribution >= 0.6 is 7.75 Å². The highest BCUT2D eigenvalue weighted by molar-refractivity contribution is 7.52. The molecule has 0 aliphatic carbocycles. The zero-order valence-corrected chi connectivity index (χ0v) is 25.2. The number of fused-ring (bicyclic) bond motifs is 3. The van der Waals surface area contributed by atoms with E-state index in [2.05, 4.69) is 10.1 Å². The first kappa shape index (κ1) is 30.5. The van der Waals surface area contributed by atoms with Crippen LogP contribution in [-0.4, -0.2) is 44.9 Å². The number of carbonyl (C=O) groups is 1. The minimum Gasteiger partial charge on any atom is -0.459 e. The Hall–Kier alpha value is -3.50. The molecule has 2 heterocycles. The van der Waals surface area contributed by atoms with Crippen LogP contribution in [0.4, 0.5) is 5.82 Å². The normalized spacial score (nSPS) is 15.0. The van der Waals surface area contributed by atoms with Gasteiger partial charge in [0.2, 0.25) is 0 Å². The highest BCUT2D eigenvalue weighted by atomic mass is 31.2. The molecule has 0 spiro atoms. The molecule has 11 nitrogen and oxygen atoms in total. The van der Waals surface area contributed by atoms with Crippen molar-refractivity contribution in [2.24, 2.45) is 0 Å². The van der Waals surface area contributed by atoms with Gasteiger partial charge in [0.15, 0.2) is 5.82 Å². The van der Waals surface area contributed by atoms with Crippen molar-refractivity contribution < 1.29 is 27.9 Å². The van der Waals surface area contributed by atoms with E-state index >= 15 is 0 Å². The summed E-state index contributed by atoms with van der Waals surface area (Å²) in [5, 5.41) is 3.62. The summed E-state index contributed by atoms with van der Waals surface area (Å²) >= 11 is 0. The molecule has 12 heteroatoms. The van der Waals surface area contributed by atoms with Gasteiger partial charge in [-0.2, -0.15) is 5.09 Å². The highest BCUT2D eigenvalue weighted by Crippen LogP contribution is 2.46. The second-order valence-electron chi connectivity index (χ2n) is 10.7. The molecule has 3 N–H and O–H groups in total. The van der Waals surface area contributed by atoms with E-state index in [4.69, 9.17) is 29.2 Å². The number of nitrogen functional groups attached to an aromatic ring is 1. The predicted octanol–water partition coefficient (Wildman–Crippen LogP) is 5.62. The fourth-order valence-corrected chi connectivity index (χ4v) is 5.99. The number of carbonyl (C=O) groups excluding carboxylic acids is 1. The van der Waals surface area contributed by atoms with Crippen LogP contribution < -0.4 is 15.3 Å². The van der Waals surface area contributed by atoms with Crippen molar-refractivity contribution >= 4 is 41.5 Å². The van der Waals surface area contributed by atoms with E-state index in [1.54, 1.807) is 58.9 Å². The Morgan fingerprint density at radius 2 is 1.76 bits per heavy atom. The molecule has 3 atom stereocenters. The Morgan fingerprint density at radius 1 is 1.07 bits per heavy atom. The van der Waals surface area contributed by atoms with E-state index in [0.29, 0.717) is 29.5 Å². The number of ether oxygens (including phenoxy) is 2. The molecular formula is C29H38N5O6P. The second kappa shape index (κ2) is 12.6. The zero-order valence-electron chi connectivity index (χ0n) is 24.3. The number of hydrogen-bond acceptors (Lipinski definition) is 9. The van der Waals surface area contributed by atoms with Gasteiger partial charge in [0.05, 0.1) is 23.7 Å². The van der Waals surface area contributed by atoms with E-state index < -0.39 is 31.5 Å². The van der Waals surface area contributed by atoms with Gasteiger partial charge in [-0.25, -0.2) is 14.5 Å². The summed E-state index contributed by atoms with van der Waals surface area (Å²) in [6, 6.07) is 15.3. The van der Waals surface area contributed by atoms with E-state index in [-0.39, 0.29) is 13.2 Å². The Morgan fingerprint density at radius 3 is 2.44 bits per heavy atom. The fourth-order valence-electron chi connectivity index (χ4n) is 4.31. The van der Waals surface area contributed by atoms with Crippen LogP contribution in [0.15, 0.2) is 54.6 Å². The maximum atomic E-state index is 14.1. The summed E-state index contributed by atoms with van der Waals surface area (Å²) in [6.45, 7) is 11.5. The summed E-state index contributed by atoms with van der Waals surface area (Å²) in [5.74, 6) is 0.660. The third-order valence-electron chi connectivity index (χ3n) is 5.96. The molecule has 0 saturated carbocycles. The Labute approximate surface area is 239 Å². The van der Waals surface area contributed by atoms with Crippen LogP contribution in [0.2, 0.25) is 0 Å². The van der Waals surface area contributed by atoms with E-state index in [9.17, 15) is 9.36 Å². The predicted molar refractivity (Wildman–Crippen MR) is 158 cm³/mol. The number of nitrogens with zero attached hydrogens (tertiary/aromatic N) is 3. The van der Waals surface area contributed by atoms with Gasteiger partial charge in [0.25, 0.3) is 0 Å². The largest absolute Gasteiger partial charge is 0.459 e. The molecule has 4 rings (SSSR count). The molecule has 0 amide bonds. The molecule has 0 bridgehead atoms. The Balaban J connectivity index is 1.68. The van der Waals surface area contributed by atoms with E-state index in [1.807, 2.05) is 41.8 Å². The number of imidazole rings is 1. The SMILES string of the molecule is CCOCc1nc2c(N)nc3ccccc3c2n1C[C@@H](C)O[P@](=O)(N[C@@H](C)C(=O)OC(C)(C)C)Oc1ccccc1. The lowest BCUT2D eigenvalue weighted by atomic mass is 10.2. The summed E-state index contributed by atoms with van der Waals surface area (Å²) < 4.78 is 39.2. The number of aromatic nitrogens is 3. The van der Waals surface area contributed by atoms with Crippen molar-refractivity contribution in [1.82, 2.24) is 19.6 Å². The number of para-hydroxylation sites is 2. The molecule has 0 saturated heterocycles. The minimum atomic E-state index is -4.10. The molecule has 0 radical (unpaired) electrons. The highest BCUT2D eigenvalue weighted by Gasteiger charge is 2.35. The Kier molecular flexibility index (Phi) is 9.34. The molecule has 0 unspecified atom stereocenters. The molecule has 41 heavy (non-hydrogen) atoms. The molecule has 4 aromatic rings. The maximum absolute atomic E-state index is 14.1. The van der Waals surface area contributed by atoms with Gasteiger partial charge in [-0.05, 0) is 59.7 Å². The van der Waals surface area contributed by atoms with Gasteiger partial charge >= 0.3 is 13.7 Å². The lowest BCUT2D eigenvalue weighted by Crippen LogP contribution is -2.39. The summed E-state index contributed by atoms with van der Waals surface area (Å²) in [7, 11) is -4.10. The lowest BCUT2D eigenvalue weighted by molar-refractivity contribution is -0.156. The van der Waals surface area contributed by atoms with Crippen molar-refractivity contribution in [3.05, 3.63) is 60.4 Å². The van der Waals surface area contributed by atoms with Gasteiger partial charge in [-0.3, -0.25) is 9.32 Å². The molecule has 220 valence electrons. The summed E-state index contributed by atoms with van der Waals surface area (Å²) in [4.78, 5) is 22.0. The number of hydrogen-bond donors (Lipinski definition) is 2. The van der Waals surface area contributed by atoms with Crippen LogP contribution in [0, 0.1) is 0 Å². The standard InChI is InChI=1S/C29H38N5O6P/c1-7-37-18-24-32-25-26(22-15-11-12-16-23(22)31-27(25)30)34(24)17-19(2)39-41(36,40-21-13-9-8-10-14-21)33-20(3)28(35)38-29(4,5)6/h8-16,19-20H,7,17-18H2,1-6H3,(H2,30,31)(H,33,36)/t19-,20+,41-/m1/s1. The van der Waals surface area contributed by atoms with E-state index in [1.165, 1.54) is 0 Å². The minimum absolute atomic E-state index is 0.233. The number of rotatable bonds is 12. The van der Waals surface area contributed by atoms with Crippen LogP contribution in [0.1, 0.15) is 47.4 Å². The molecule has 2 aromatic heterocycles. The van der Waals surface area contributed by atoms with Crippen LogP contribution in [-0.2, 0) is 36.5 Å². The fraction of sp³-hybridized carbons (Fsp3) is 0.414. The van der Waals surface area contributed by atoms with Gasteiger partial charge < -0.3 is 24.3 Å². The van der Waals surface area contributed by atoms with Crippen LogP contribution in [0.3, 0.4) is 0 Å². The first-order valence-electron chi connectivity index (χ1n) is 13.5. The van der Waals surface area contributed by atoms with Crippen molar-refractivity contribution in [3.8, 4) is 5.75 Å². The van der Waals surface area contributed by atoms with Gasteiger partial charge in [0.1, 0.15) is 35.3 Å². The monoisotopic (exact) mass is 583 g/mol. The van der Waals surface area contributed by atoms with Gasteiger partial charge in [-0.1, -0.05) is 36.4 Å². The second-order valence-corrected chi connectivity index (χ2v) is 12.3. The number of esters is 1. The van der Waals surface area contributed by atoms with Crippen molar-refractivity contribution in [2.45, 2.75) is 72.4 Å². The maximum Gasteiger partial charge on any atom is 0.459 e. The number of nitrogens with two attached hydrogens (primary N) is 1. The zero-order chi connectivity index (χ0) is 29.8. The first-order valence-corrected chi connectivity index (χ1v) is 15.1. The average molecular weight is 584 g/mol. The summed E-state index contributed by atoms with van der Waals surface area (Å²) in [6.07, 6.45) is -0.672.